The highest BCUT2D eigenvalue weighted by molar-refractivity contribution is 5.95. The van der Waals surface area contributed by atoms with E-state index in [1.165, 1.54) is 11.6 Å². The van der Waals surface area contributed by atoms with Crippen LogP contribution in [0.15, 0.2) is 47.1 Å². The highest BCUT2D eigenvalue weighted by Crippen LogP contribution is 2.39. The smallest absolute Gasteiger partial charge is 0.188 e. The summed E-state index contributed by atoms with van der Waals surface area (Å²) in [6.45, 7) is 11.8. The molecule has 1 heterocycles. The Kier molecular flexibility index (Phi) is 8.69. The first kappa shape index (κ1) is 24.9. The van der Waals surface area contributed by atoms with Gasteiger partial charge in [0.2, 0.25) is 0 Å². The summed E-state index contributed by atoms with van der Waals surface area (Å²) in [7, 11) is 0. The molecule has 0 amide bonds. The van der Waals surface area contributed by atoms with Crippen molar-refractivity contribution in [3.8, 4) is 11.5 Å². The zero-order chi connectivity index (χ0) is 23.2. The fraction of sp³-hybridized carbons (Fsp3) is 0.519. The number of phenols is 1. The molecule has 2 N–H and O–H groups in total. The number of ketones is 1. The van der Waals surface area contributed by atoms with Crippen molar-refractivity contribution in [2.75, 3.05) is 0 Å². The lowest BCUT2D eigenvalue weighted by Gasteiger charge is -2.36. The predicted molar refractivity (Wildman–Crippen MR) is 127 cm³/mol. The van der Waals surface area contributed by atoms with Crippen LogP contribution in [-0.2, 0) is 11.2 Å². The molecule has 0 saturated carbocycles. The topological polar surface area (TPSA) is 66.8 Å². The lowest BCUT2D eigenvalue weighted by atomic mass is 9.87. The minimum absolute atomic E-state index is 0.197. The van der Waals surface area contributed by atoms with E-state index in [1.807, 2.05) is 32.9 Å². The number of carbonyl (C=O) groups is 1. The van der Waals surface area contributed by atoms with Gasteiger partial charge in [-0.25, -0.2) is 0 Å². The zero-order valence-corrected chi connectivity index (χ0v) is 19.9. The van der Waals surface area contributed by atoms with Gasteiger partial charge in [0.05, 0.1) is 0 Å². The van der Waals surface area contributed by atoms with E-state index in [4.69, 9.17) is 4.74 Å². The van der Waals surface area contributed by atoms with Gasteiger partial charge in [0, 0.05) is 0 Å². The van der Waals surface area contributed by atoms with Gasteiger partial charge in [-0.2, -0.15) is 0 Å². The van der Waals surface area contributed by atoms with Crippen LogP contribution in [0.25, 0.3) is 0 Å². The number of aryl methyl sites for hydroxylation is 2. The third kappa shape index (κ3) is 7.39. The molecule has 0 saturated heterocycles. The number of aliphatic hydroxyl groups is 1. The average Bonchev–Trinajstić information content (AvgIpc) is 2.67. The summed E-state index contributed by atoms with van der Waals surface area (Å²) in [5.41, 5.74) is 4.78. The van der Waals surface area contributed by atoms with Gasteiger partial charge in [0.15, 0.2) is 5.78 Å². The summed E-state index contributed by atoms with van der Waals surface area (Å²) in [6, 6.07) is 3.57. The second-order valence-corrected chi connectivity index (χ2v) is 9.41. The van der Waals surface area contributed by atoms with Gasteiger partial charge in [-0.1, -0.05) is 23.3 Å². The van der Waals surface area contributed by atoms with E-state index in [2.05, 4.69) is 19.9 Å². The van der Waals surface area contributed by atoms with Crippen LogP contribution in [0.3, 0.4) is 0 Å². The molecule has 1 aromatic carbocycles. The molecule has 0 spiro atoms. The van der Waals surface area contributed by atoms with Crippen molar-refractivity contribution in [3.05, 3.63) is 58.2 Å². The first-order chi connectivity index (χ1) is 14.5. The Hall–Kier alpha value is -2.33. The number of ether oxygens (including phenoxy) is 1. The lowest BCUT2D eigenvalue weighted by molar-refractivity contribution is -0.120. The van der Waals surface area contributed by atoms with Gasteiger partial charge in [-0.3, -0.25) is 4.79 Å². The third-order valence-electron chi connectivity index (χ3n) is 5.91. The molecule has 0 aliphatic carbocycles. The molecule has 2 rings (SSSR count). The molecule has 2 atom stereocenters. The van der Waals surface area contributed by atoms with E-state index >= 15 is 0 Å². The summed E-state index contributed by atoms with van der Waals surface area (Å²) in [6.07, 6.45) is 10.1. The van der Waals surface area contributed by atoms with Crippen molar-refractivity contribution in [1.29, 1.82) is 0 Å². The number of aromatic hydroxyl groups is 1. The van der Waals surface area contributed by atoms with Crippen molar-refractivity contribution >= 4 is 5.78 Å². The van der Waals surface area contributed by atoms with Gasteiger partial charge >= 0.3 is 0 Å². The Morgan fingerprint density at radius 2 is 1.90 bits per heavy atom. The summed E-state index contributed by atoms with van der Waals surface area (Å²) in [5, 5.41) is 19.9. The third-order valence-corrected chi connectivity index (χ3v) is 5.91. The van der Waals surface area contributed by atoms with Crippen molar-refractivity contribution in [1.82, 2.24) is 0 Å². The Bertz CT molecular complexity index is 887. The minimum Gasteiger partial charge on any atom is -0.508 e. The van der Waals surface area contributed by atoms with Crippen LogP contribution < -0.4 is 4.74 Å². The second-order valence-electron chi connectivity index (χ2n) is 9.41. The fourth-order valence-corrected chi connectivity index (χ4v) is 3.98. The number of hydrogen-bond acceptors (Lipinski definition) is 4. The van der Waals surface area contributed by atoms with E-state index in [0.717, 1.165) is 61.0 Å². The number of benzene rings is 1. The van der Waals surface area contributed by atoms with Gasteiger partial charge in [0.1, 0.15) is 23.2 Å². The minimum atomic E-state index is -1.05. The number of allylic oxidation sites excluding steroid dienone is 4. The fourth-order valence-electron chi connectivity index (χ4n) is 3.98. The van der Waals surface area contributed by atoms with Gasteiger partial charge < -0.3 is 14.9 Å². The van der Waals surface area contributed by atoms with Crippen molar-refractivity contribution in [2.45, 2.75) is 91.8 Å². The molecule has 0 aromatic heterocycles. The van der Waals surface area contributed by atoms with Crippen molar-refractivity contribution < 1.29 is 19.7 Å². The van der Waals surface area contributed by atoms with Crippen LogP contribution in [-0.4, -0.2) is 27.7 Å². The molecular formula is C27H38O4. The van der Waals surface area contributed by atoms with Crippen LogP contribution >= 0.6 is 0 Å². The quantitative estimate of drug-likeness (QED) is 0.368. The summed E-state index contributed by atoms with van der Waals surface area (Å²) in [5.74, 6) is 0.975. The van der Waals surface area contributed by atoms with Crippen molar-refractivity contribution in [2.24, 2.45) is 0 Å². The molecule has 1 aliphatic heterocycles. The molecule has 0 fully saturated rings. The van der Waals surface area contributed by atoms with Crippen LogP contribution in [0.1, 0.15) is 77.8 Å². The largest absolute Gasteiger partial charge is 0.508 e. The zero-order valence-electron chi connectivity index (χ0n) is 19.9. The van der Waals surface area contributed by atoms with E-state index < -0.39 is 6.10 Å². The molecule has 1 aromatic rings. The average molecular weight is 427 g/mol. The van der Waals surface area contributed by atoms with Gasteiger partial charge in [-0.05, 0) is 115 Å². The molecule has 170 valence electrons. The van der Waals surface area contributed by atoms with Crippen LogP contribution in [0.5, 0.6) is 11.5 Å². The van der Waals surface area contributed by atoms with Crippen LogP contribution in [0.2, 0.25) is 0 Å². The Labute approximate surface area is 187 Å². The normalized spacial score (nSPS) is 20.0. The standard InChI is InChI=1S/C27H38O4/c1-18(2)15-24(29)25(30)20(4)11-7-9-19(3)10-8-13-27(6)14-12-22-17-23(28)16-21(5)26(22)31-27/h10-11,15-17,25,28,30H,7-9,12-14H2,1-6H3/t25-,27+/m0/s1. The maximum Gasteiger partial charge on any atom is 0.188 e. The number of aliphatic hydroxyl groups excluding tert-OH is 1. The molecule has 4 nitrogen and oxygen atoms in total. The summed E-state index contributed by atoms with van der Waals surface area (Å²) < 4.78 is 6.36. The highest BCUT2D eigenvalue weighted by Gasteiger charge is 2.32. The van der Waals surface area contributed by atoms with Crippen LogP contribution in [0.4, 0.5) is 0 Å². The predicted octanol–water partition coefficient (Wildman–Crippen LogP) is 6.13. The molecule has 0 bridgehead atoms. The number of hydrogen-bond donors (Lipinski definition) is 2. The van der Waals surface area contributed by atoms with E-state index in [-0.39, 0.29) is 11.4 Å². The van der Waals surface area contributed by atoms with E-state index in [9.17, 15) is 15.0 Å². The molecule has 0 radical (unpaired) electrons. The Balaban J connectivity index is 1.85. The summed E-state index contributed by atoms with van der Waals surface area (Å²) >= 11 is 0. The van der Waals surface area contributed by atoms with E-state index in [0.29, 0.717) is 11.3 Å². The number of rotatable bonds is 9. The van der Waals surface area contributed by atoms with Gasteiger partial charge in [-0.15, -0.1) is 0 Å². The molecule has 31 heavy (non-hydrogen) atoms. The Morgan fingerprint density at radius 3 is 2.58 bits per heavy atom. The maximum atomic E-state index is 11.9. The summed E-state index contributed by atoms with van der Waals surface area (Å²) in [4.78, 5) is 11.9. The molecule has 0 unspecified atom stereocenters. The van der Waals surface area contributed by atoms with Crippen LogP contribution in [0, 0.1) is 6.92 Å². The number of phenolic OH excluding ortho intramolecular Hbond substituents is 1. The van der Waals surface area contributed by atoms with Gasteiger partial charge in [0.25, 0.3) is 0 Å². The maximum absolute atomic E-state index is 11.9. The number of carbonyl (C=O) groups excluding carboxylic acids is 1. The first-order valence-corrected chi connectivity index (χ1v) is 11.2. The second kappa shape index (κ2) is 10.8. The highest BCUT2D eigenvalue weighted by atomic mass is 16.5. The van der Waals surface area contributed by atoms with Crippen molar-refractivity contribution in [3.63, 3.8) is 0 Å². The SMILES string of the molecule is CC(C)=CC(=O)[C@@H](O)C(C)=CCCC(C)=CCC[C@]1(C)CCc2cc(O)cc(C)c2O1. The molecular weight excluding hydrogens is 388 g/mol. The lowest BCUT2D eigenvalue weighted by Crippen LogP contribution is -2.36. The molecule has 1 aliphatic rings. The first-order valence-electron chi connectivity index (χ1n) is 11.2. The molecule has 4 heteroatoms. The monoisotopic (exact) mass is 426 g/mol. The Morgan fingerprint density at radius 1 is 1.19 bits per heavy atom. The number of fused-ring (bicyclic) bond motifs is 1. The van der Waals surface area contributed by atoms with E-state index in [1.54, 1.807) is 13.0 Å².